The lowest BCUT2D eigenvalue weighted by Gasteiger charge is -2.30. The average molecular weight is 256 g/mol. The maximum absolute atomic E-state index is 12.9. The molecule has 0 aliphatic rings. The van der Waals surface area contributed by atoms with Gasteiger partial charge < -0.3 is 0 Å². The van der Waals surface area contributed by atoms with Crippen LogP contribution in [0.25, 0.3) is 11.1 Å². The van der Waals surface area contributed by atoms with E-state index in [0.29, 0.717) is 5.92 Å². The summed E-state index contributed by atoms with van der Waals surface area (Å²) in [4.78, 5) is 0. The predicted octanol–water partition coefficient (Wildman–Crippen LogP) is 5.43. The first-order chi connectivity index (χ1) is 8.91. The fraction of sp³-hybridized carbons (Fsp3) is 0.333. The third-order valence-corrected chi connectivity index (χ3v) is 4.25. The third-order valence-electron chi connectivity index (χ3n) is 4.25. The van der Waals surface area contributed by atoms with Crippen LogP contribution in [0.5, 0.6) is 0 Å². The normalized spacial score (nSPS) is 11.9. The van der Waals surface area contributed by atoms with Crippen molar-refractivity contribution in [3.05, 3.63) is 59.9 Å². The minimum absolute atomic E-state index is 0.168. The largest absolute Gasteiger partial charge is 0.207 e. The van der Waals surface area contributed by atoms with Gasteiger partial charge in [-0.15, -0.1) is 0 Å². The molecule has 0 saturated heterocycles. The van der Waals surface area contributed by atoms with Crippen molar-refractivity contribution >= 4 is 0 Å². The Hall–Kier alpha value is -1.63. The van der Waals surface area contributed by atoms with Gasteiger partial charge >= 0.3 is 0 Å². The van der Waals surface area contributed by atoms with E-state index in [4.69, 9.17) is 0 Å². The number of hydrogen-bond donors (Lipinski definition) is 0. The van der Waals surface area contributed by atoms with E-state index >= 15 is 0 Å². The van der Waals surface area contributed by atoms with Gasteiger partial charge in [0.15, 0.2) is 0 Å². The molecule has 19 heavy (non-hydrogen) atoms. The highest BCUT2D eigenvalue weighted by atomic mass is 19.1. The highest BCUT2D eigenvalue weighted by Crippen LogP contribution is 2.32. The minimum atomic E-state index is -0.193. The quantitative estimate of drug-likeness (QED) is 0.687. The lowest BCUT2D eigenvalue weighted by Crippen LogP contribution is -2.24. The number of rotatable bonds is 3. The summed E-state index contributed by atoms with van der Waals surface area (Å²) in [6, 6.07) is 15.2. The summed E-state index contributed by atoms with van der Waals surface area (Å²) in [5.41, 5.74) is 3.69. The molecule has 0 bridgehead atoms. The Kier molecular flexibility index (Phi) is 3.75. The summed E-state index contributed by atoms with van der Waals surface area (Å²) in [7, 11) is 0. The van der Waals surface area contributed by atoms with E-state index in [2.05, 4.69) is 52.0 Å². The molecule has 0 heterocycles. The SMILES string of the molecule is CC(C)C(C)(C)c1ccc(-c2ccc(F)cc2)cc1. The highest BCUT2D eigenvalue weighted by molar-refractivity contribution is 5.63. The summed E-state index contributed by atoms with van der Waals surface area (Å²) in [6.07, 6.45) is 0. The maximum Gasteiger partial charge on any atom is 0.123 e. The number of benzene rings is 2. The van der Waals surface area contributed by atoms with Crippen LogP contribution in [0.4, 0.5) is 4.39 Å². The van der Waals surface area contributed by atoms with Gasteiger partial charge in [-0.1, -0.05) is 64.1 Å². The Bertz CT molecular complexity index is 533. The molecule has 0 spiro atoms. The second-order valence-corrected chi connectivity index (χ2v) is 5.96. The smallest absolute Gasteiger partial charge is 0.123 e. The molecule has 2 aromatic rings. The Morgan fingerprint density at radius 3 is 1.63 bits per heavy atom. The van der Waals surface area contributed by atoms with E-state index in [9.17, 15) is 4.39 Å². The van der Waals surface area contributed by atoms with Crippen molar-refractivity contribution in [1.82, 2.24) is 0 Å². The molecule has 0 atom stereocenters. The van der Waals surface area contributed by atoms with Gasteiger partial charge in [0, 0.05) is 0 Å². The van der Waals surface area contributed by atoms with Crippen LogP contribution in [0.2, 0.25) is 0 Å². The molecule has 100 valence electrons. The molecule has 0 radical (unpaired) electrons. The van der Waals surface area contributed by atoms with Crippen molar-refractivity contribution < 1.29 is 4.39 Å². The molecule has 1 heteroatoms. The minimum Gasteiger partial charge on any atom is -0.207 e. The zero-order valence-electron chi connectivity index (χ0n) is 12.1. The topological polar surface area (TPSA) is 0 Å². The Morgan fingerprint density at radius 2 is 1.21 bits per heavy atom. The first-order valence-corrected chi connectivity index (χ1v) is 6.78. The summed E-state index contributed by atoms with van der Waals surface area (Å²) in [5, 5.41) is 0. The fourth-order valence-electron chi connectivity index (χ4n) is 2.07. The van der Waals surface area contributed by atoms with Crippen molar-refractivity contribution in [2.75, 3.05) is 0 Å². The van der Waals surface area contributed by atoms with Gasteiger partial charge in [0.05, 0.1) is 0 Å². The van der Waals surface area contributed by atoms with Crippen LogP contribution in [0.3, 0.4) is 0 Å². The van der Waals surface area contributed by atoms with Crippen LogP contribution in [-0.4, -0.2) is 0 Å². The zero-order valence-corrected chi connectivity index (χ0v) is 12.1. The van der Waals surface area contributed by atoms with Crippen molar-refractivity contribution in [1.29, 1.82) is 0 Å². The van der Waals surface area contributed by atoms with Gasteiger partial charge in [-0.25, -0.2) is 4.39 Å². The number of halogens is 1. The molecule has 0 nitrogen and oxygen atoms in total. The van der Waals surface area contributed by atoms with E-state index in [1.54, 1.807) is 0 Å². The van der Waals surface area contributed by atoms with E-state index in [-0.39, 0.29) is 11.2 Å². The van der Waals surface area contributed by atoms with Gasteiger partial charge in [-0.05, 0) is 40.2 Å². The van der Waals surface area contributed by atoms with Crippen LogP contribution in [-0.2, 0) is 5.41 Å². The molecule has 0 aromatic heterocycles. The van der Waals surface area contributed by atoms with E-state index < -0.39 is 0 Å². The molecule has 2 aromatic carbocycles. The first-order valence-electron chi connectivity index (χ1n) is 6.78. The van der Waals surface area contributed by atoms with E-state index in [1.807, 2.05) is 12.1 Å². The first kappa shape index (κ1) is 13.8. The molecule has 0 unspecified atom stereocenters. The summed E-state index contributed by atoms with van der Waals surface area (Å²) in [6.45, 7) is 9.02. The molecular weight excluding hydrogens is 235 g/mol. The van der Waals surface area contributed by atoms with Crippen molar-refractivity contribution in [3.63, 3.8) is 0 Å². The molecule has 0 N–H and O–H groups in total. The zero-order chi connectivity index (χ0) is 14.0. The van der Waals surface area contributed by atoms with Crippen molar-refractivity contribution in [3.8, 4) is 11.1 Å². The van der Waals surface area contributed by atoms with Crippen LogP contribution in [0.1, 0.15) is 33.3 Å². The molecule has 0 aliphatic carbocycles. The molecule has 0 amide bonds. The van der Waals surface area contributed by atoms with Gasteiger partial charge in [0.1, 0.15) is 5.82 Å². The fourth-order valence-corrected chi connectivity index (χ4v) is 2.07. The number of hydrogen-bond acceptors (Lipinski definition) is 0. The van der Waals surface area contributed by atoms with Gasteiger partial charge in [0.2, 0.25) is 0 Å². The molecule has 0 saturated carbocycles. The van der Waals surface area contributed by atoms with Crippen LogP contribution < -0.4 is 0 Å². The lowest BCUT2D eigenvalue weighted by molar-refractivity contribution is 0.372. The van der Waals surface area contributed by atoms with Gasteiger partial charge in [-0.3, -0.25) is 0 Å². The lowest BCUT2D eigenvalue weighted by atomic mass is 9.75. The van der Waals surface area contributed by atoms with Crippen molar-refractivity contribution in [2.24, 2.45) is 5.92 Å². The molecule has 0 fully saturated rings. The van der Waals surface area contributed by atoms with Crippen LogP contribution >= 0.6 is 0 Å². The Labute approximate surface area is 115 Å². The second kappa shape index (κ2) is 5.16. The van der Waals surface area contributed by atoms with Gasteiger partial charge in [-0.2, -0.15) is 0 Å². The summed E-state index contributed by atoms with van der Waals surface area (Å²) >= 11 is 0. The average Bonchev–Trinajstić information content (AvgIpc) is 2.39. The van der Waals surface area contributed by atoms with E-state index in [1.165, 1.54) is 17.7 Å². The summed E-state index contributed by atoms with van der Waals surface area (Å²) in [5.74, 6) is 0.394. The van der Waals surface area contributed by atoms with E-state index in [0.717, 1.165) is 11.1 Å². The second-order valence-electron chi connectivity index (χ2n) is 5.96. The van der Waals surface area contributed by atoms with Crippen molar-refractivity contribution in [2.45, 2.75) is 33.1 Å². The maximum atomic E-state index is 12.9. The standard InChI is InChI=1S/C18H21F/c1-13(2)18(3,4)16-9-5-14(6-10-16)15-7-11-17(19)12-8-15/h5-13H,1-4H3. The molecule has 0 aliphatic heterocycles. The van der Waals surface area contributed by atoms with Crippen LogP contribution in [0, 0.1) is 11.7 Å². The Morgan fingerprint density at radius 1 is 0.789 bits per heavy atom. The van der Waals surface area contributed by atoms with Crippen LogP contribution in [0.15, 0.2) is 48.5 Å². The molecular formula is C18H21F. The third kappa shape index (κ3) is 2.86. The summed E-state index contributed by atoms with van der Waals surface area (Å²) < 4.78 is 12.9. The highest BCUT2D eigenvalue weighted by Gasteiger charge is 2.24. The predicted molar refractivity (Wildman–Crippen MR) is 79.7 cm³/mol. The monoisotopic (exact) mass is 256 g/mol. The Balaban J connectivity index is 2.31. The van der Waals surface area contributed by atoms with Gasteiger partial charge in [0.25, 0.3) is 0 Å². The molecule has 2 rings (SSSR count).